The quantitative estimate of drug-likeness (QED) is 0.933. The minimum absolute atomic E-state index is 0.0388. The Balaban J connectivity index is 1.99. The molecule has 1 N–H and O–H groups in total. The van der Waals surface area contributed by atoms with Gasteiger partial charge in [-0.2, -0.15) is 0 Å². The van der Waals surface area contributed by atoms with Crippen molar-refractivity contribution in [3.05, 3.63) is 28.8 Å². The van der Waals surface area contributed by atoms with Crippen LogP contribution in [0.25, 0.3) is 0 Å². The number of carbonyl (C=O) groups excluding carboxylic acids is 1. The number of nitrogens with zero attached hydrogens (tertiary/aromatic N) is 1. The molecular weight excluding hydrogens is 290 g/mol. The molecule has 5 heteroatoms. The van der Waals surface area contributed by atoms with Gasteiger partial charge in [0.2, 0.25) is 0 Å². The third-order valence-electron chi connectivity index (χ3n) is 3.96. The maximum absolute atomic E-state index is 12.4. The summed E-state index contributed by atoms with van der Waals surface area (Å²) in [6, 6.07) is 5.35. The number of aliphatic hydroxyl groups excluding tert-OH is 1. The van der Waals surface area contributed by atoms with Gasteiger partial charge in [0, 0.05) is 18.1 Å². The van der Waals surface area contributed by atoms with E-state index in [1.165, 1.54) is 0 Å². The topological polar surface area (TPSA) is 49.8 Å². The first-order valence-corrected chi connectivity index (χ1v) is 7.66. The number of hydrogen-bond donors (Lipinski definition) is 1. The lowest BCUT2D eigenvalue weighted by molar-refractivity contribution is -0.141. The third-order valence-corrected chi connectivity index (χ3v) is 4.20. The highest BCUT2D eigenvalue weighted by atomic mass is 35.5. The fraction of sp³-hybridized carbons (Fsp3) is 0.562. The molecule has 1 aromatic rings. The lowest BCUT2D eigenvalue weighted by atomic mass is 9.96. The van der Waals surface area contributed by atoms with Crippen LogP contribution in [0.3, 0.4) is 0 Å². The van der Waals surface area contributed by atoms with Gasteiger partial charge in [-0.25, -0.2) is 0 Å². The molecule has 1 amide bonds. The van der Waals surface area contributed by atoms with Gasteiger partial charge in [-0.3, -0.25) is 4.79 Å². The second-order valence-electron chi connectivity index (χ2n) is 5.79. The molecular formula is C16H22ClNO3. The van der Waals surface area contributed by atoms with E-state index < -0.39 is 6.10 Å². The van der Waals surface area contributed by atoms with Gasteiger partial charge in [-0.15, -0.1) is 0 Å². The average molecular weight is 312 g/mol. The molecule has 1 saturated heterocycles. The number of hydrogen-bond acceptors (Lipinski definition) is 3. The summed E-state index contributed by atoms with van der Waals surface area (Å²) in [6.07, 6.45) is -0.240. The maximum atomic E-state index is 12.4. The van der Waals surface area contributed by atoms with Gasteiger partial charge in [-0.1, -0.05) is 18.5 Å². The van der Waals surface area contributed by atoms with Crippen molar-refractivity contribution in [3.63, 3.8) is 0 Å². The van der Waals surface area contributed by atoms with Crippen LogP contribution in [-0.4, -0.2) is 41.2 Å². The molecule has 3 unspecified atom stereocenters. The Morgan fingerprint density at radius 2 is 2.24 bits per heavy atom. The van der Waals surface area contributed by atoms with Crippen LogP contribution in [0.5, 0.6) is 5.75 Å². The molecule has 0 aliphatic carbocycles. The van der Waals surface area contributed by atoms with Crippen LogP contribution in [0.4, 0.5) is 0 Å². The van der Waals surface area contributed by atoms with E-state index in [4.69, 9.17) is 16.3 Å². The van der Waals surface area contributed by atoms with Crippen molar-refractivity contribution < 1.29 is 14.6 Å². The molecule has 0 saturated carbocycles. The summed E-state index contributed by atoms with van der Waals surface area (Å²) in [4.78, 5) is 14.2. The number of aryl methyl sites for hydroxylation is 1. The summed E-state index contributed by atoms with van der Waals surface area (Å²) >= 11 is 5.91. The van der Waals surface area contributed by atoms with Crippen LogP contribution >= 0.6 is 11.6 Å². The largest absolute Gasteiger partial charge is 0.481 e. The van der Waals surface area contributed by atoms with Crippen molar-refractivity contribution in [1.82, 2.24) is 4.90 Å². The van der Waals surface area contributed by atoms with Gasteiger partial charge in [0.15, 0.2) is 6.10 Å². The lowest BCUT2D eigenvalue weighted by Crippen LogP contribution is -2.49. The van der Waals surface area contributed by atoms with Gasteiger partial charge in [0.05, 0.1) is 6.10 Å². The molecule has 1 fully saturated rings. The number of carbonyl (C=O) groups is 1. The summed E-state index contributed by atoms with van der Waals surface area (Å²) in [5, 5.41) is 10.4. The first-order chi connectivity index (χ1) is 9.88. The van der Waals surface area contributed by atoms with Crippen LogP contribution in [0.1, 0.15) is 25.8 Å². The molecule has 1 heterocycles. The van der Waals surface area contributed by atoms with E-state index in [2.05, 4.69) is 0 Å². The summed E-state index contributed by atoms with van der Waals surface area (Å²) in [7, 11) is 0. The van der Waals surface area contributed by atoms with Crippen molar-refractivity contribution in [2.45, 2.75) is 39.4 Å². The van der Waals surface area contributed by atoms with E-state index in [0.717, 1.165) is 5.56 Å². The maximum Gasteiger partial charge on any atom is 0.263 e. The SMILES string of the molecule is Cc1cc(Cl)ccc1OC(C)C(=O)N1CCC(O)C(C)C1. The molecule has 4 nitrogen and oxygen atoms in total. The number of halogens is 1. The number of amides is 1. The zero-order valence-electron chi connectivity index (χ0n) is 12.7. The van der Waals surface area contributed by atoms with E-state index in [1.807, 2.05) is 19.9 Å². The van der Waals surface area contributed by atoms with Crippen LogP contribution in [0.2, 0.25) is 5.02 Å². The highest BCUT2D eigenvalue weighted by molar-refractivity contribution is 6.30. The van der Waals surface area contributed by atoms with Crippen LogP contribution in [0.15, 0.2) is 18.2 Å². The number of aliphatic hydroxyl groups is 1. The Bertz CT molecular complexity index is 520. The molecule has 0 bridgehead atoms. The molecule has 1 aliphatic rings. The van der Waals surface area contributed by atoms with E-state index in [-0.39, 0.29) is 17.9 Å². The fourth-order valence-corrected chi connectivity index (χ4v) is 2.80. The molecule has 2 rings (SSSR count). The van der Waals surface area contributed by atoms with E-state index in [0.29, 0.717) is 30.3 Å². The molecule has 21 heavy (non-hydrogen) atoms. The Morgan fingerprint density at radius 3 is 2.86 bits per heavy atom. The molecule has 116 valence electrons. The number of benzene rings is 1. The Morgan fingerprint density at radius 1 is 1.52 bits per heavy atom. The van der Waals surface area contributed by atoms with Crippen molar-refractivity contribution in [2.24, 2.45) is 5.92 Å². The van der Waals surface area contributed by atoms with Crippen LogP contribution < -0.4 is 4.74 Å². The lowest BCUT2D eigenvalue weighted by Gasteiger charge is -2.35. The van der Waals surface area contributed by atoms with E-state index in [9.17, 15) is 9.90 Å². The van der Waals surface area contributed by atoms with Crippen molar-refractivity contribution in [3.8, 4) is 5.75 Å². The minimum Gasteiger partial charge on any atom is -0.481 e. The summed E-state index contributed by atoms with van der Waals surface area (Å²) in [6.45, 7) is 6.77. The molecule has 3 atom stereocenters. The van der Waals surface area contributed by atoms with Gasteiger partial charge in [0.1, 0.15) is 5.75 Å². The molecule has 1 aliphatic heterocycles. The predicted octanol–water partition coefficient (Wildman–Crippen LogP) is 2.65. The van der Waals surface area contributed by atoms with Crippen molar-refractivity contribution in [2.75, 3.05) is 13.1 Å². The number of likely N-dealkylation sites (tertiary alicyclic amines) is 1. The standard InChI is InChI=1S/C16H22ClNO3/c1-10-8-13(17)4-5-15(10)21-12(3)16(20)18-7-6-14(19)11(2)9-18/h4-5,8,11-12,14,19H,6-7,9H2,1-3H3. The van der Waals surface area contributed by atoms with Gasteiger partial charge >= 0.3 is 0 Å². The monoisotopic (exact) mass is 311 g/mol. The number of ether oxygens (including phenoxy) is 1. The second-order valence-corrected chi connectivity index (χ2v) is 6.22. The summed E-state index contributed by atoms with van der Waals surface area (Å²) in [5.41, 5.74) is 0.907. The average Bonchev–Trinajstić information content (AvgIpc) is 2.44. The zero-order chi connectivity index (χ0) is 15.6. The smallest absolute Gasteiger partial charge is 0.263 e. The second kappa shape index (κ2) is 6.67. The number of piperidine rings is 1. The van der Waals surface area contributed by atoms with Gasteiger partial charge in [-0.05, 0) is 49.9 Å². The molecule has 1 aromatic carbocycles. The molecule has 0 radical (unpaired) electrons. The van der Waals surface area contributed by atoms with Gasteiger partial charge < -0.3 is 14.7 Å². The first kappa shape index (κ1) is 16.1. The van der Waals surface area contributed by atoms with Gasteiger partial charge in [0.25, 0.3) is 5.91 Å². The molecule has 0 aromatic heterocycles. The highest BCUT2D eigenvalue weighted by Crippen LogP contribution is 2.24. The molecule has 0 spiro atoms. The van der Waals surface area contributed by atoms with Crippen LogP contribution in [0, 0.1) is 12.8 Å². The summed E-state index contributed by atoms with van der Waals surface area (Å²) in [5.74, 6) is 0.737. The summed E-state index contributed by atoms with van der Waals surface area (Å²) < 4.78 is 5.76. The zero-order valence-corrected chi connectivity index (χ0v) is 13.4. The normalized spacial score (nSPS) is 23.8. The fourth-order valence-electron chi connectivity index (χ4n) is 2.58. The van der Waals surface area contributed by atoms with Crippen molar-refractivity contribution in [1.29, 1.82) is 0 Å². The van der Waals surface area contributed by atoms with Crippen molar-refractivity contribution >= 4 is 17.5 Å². The van der Waals surface area contributed by atoms with Crippen LogP contribution in [-0.2, 0) is 4.79 Å². The Kier molecular flexibility index (Phi) is 5.12. The first-order valence-electron chi connectivity index (χ1n) is 7.28. The van der Waals surface area contributed by atoms with E-state index >= 15 is 0 Å². The minimum atomic E-state index is -0.549. The predicted molar refractivity (Wildman–Crippen MR) is 82.6 cm³/mol. The third kappa shape index (κ3) is 3.89. The Hall–Kier alpha value is -1.26. The number of rotatable bonds is 3. The van der Waals surface area contributed by atoms with E-state index in [1.54, 1.807) is 24.0 Å². The highest BCUT2D eigenvalue weighted by Gasteiger charge is 2.30. The Labute approximate surface area is 130 Å².